The Hall–Kier alpha value is -3.40. The van der Waals surface area contributed by atoms with Crippen molar-refractivity contribution in [3.05, 3.63) is 95.3 Å². The van der Waals surface area contributed by atoms with E-state index in [1.807, 2.05) is 17.8 Å². The summed E-state index contributed by atoms with van der Waals surface area (Å²) < 4.78 is 14.9. The van der Waals surface area contributed by atoms with Crippen molar-refractivity contribution >= 4 is 5.82 Å². The van der Waals surface area contributed by atoms with Crippen molar-refractivity contribution < 1.29 is 4.39 Å². The first kappa shape index (κ1) is 18.9. The minimum atomic E-state index is -0.221. The van der Waals surface area contributed by atoms with Crippen LogP contribution in [-0.4, -0.2) is 9.78 Å². The van der Waals surface area contributed by atoms with E-state index < -0.39 is 0 Å². The number of nitrogens with zero attached hydrogens (tertiary/aromatic N) is 2. The van der Waals surface area contributed by atoms with E-state index in [2.05, 4.69) is 66.7 Å². The van der Waals surface area contributed by atoms with Gasteiger partial charge in [-0.2, -0.15) is 5.10 Å². The average Bonchev–Trinajstić information content (AvgIpc) is 3.10. The van der Waals surface area contributed by atoms with Crippen molar-refractivity contribution in [3.63, 3.8) is 0 Å². The van der Waals surface area contributed by atoms with Crippen LogP contribution in [0.4, 0.5) is 10.2 Å². The second kappa shape index (κ2) is 7.92. The Morgan fingerprint density at radius 3 is 2.14 bits per heavy atom. The Labute approximate surface area is 170 Å². The maximum atomic E-state index is 13.0. The standard InChI is InChI=1S/C25H24FN3/c1-17-4-7-22(14-18(17)2)20-8-10-21(11-9-20)24-15-25(29(3)28-24)27-16-19-5-12-23(26)13-6-19/h4-15,27H,16H2,1-3H3. The summed E-state index contributed by atoms with van der Waals surface area (Å²) >= 11 is 0. The molecule has 0 saturated heterocycles. The Balaban J connectivity index is 1.50. The van der Waals surface area contributed by atoms with Crippen LogP contribution in [0.1, 0.15) is 16.7 Å². The minimum absolute atomic E-state index is 0.221. The third-order valence-electron chi connectivity index (χ3n) is 5.29. The summed E-state index contributed by atoms with van der Waals surface area (Å²) in [6.45, 7) is 4.89. The Kier molecular flexibility index (Phi) is 5.17. The van der Waals surface area contributed by atoms with Crippen LogP contribution in [0, 0.1) is 19.7 Å². The van der Waals surface area contributed by atoms with Gasteiger partial charge in [0.05, 0.1) is 5.69 Å². The summed E-state index contributed by atoms with van der Waals surface area (Å²) in [6, 6.07) is 23.6. The van der Waals surface area contributed by atoms with Gasteiger partial charge in [-0.05, 0) is 53.8 Å². The third-order valence-corrected chi connectivity index (χ3v) is 5.29. The summed E-state index contributed by atoms with van der Waals surface area (Å²) in [5, 5.41) is 8.00. The number of nitrogens with one attached hydrogen (secondary N) is 1. The molecule has 0 fully saturated rings. The molecule has 4 heteroatoms. The number of benzene rings is 3. The van der Waals surface area contributed by atoms with Gasteiger partial charge < -0.3 is 5.32 Å². The molecule has 0 bridgehead atoms. The number of hydrogen-bond donors (Lipinski definition) is 1. The molecule has 146 valence electrons. The fourth-order valence-electron chi connectivity index (χ4n) is 3.32. The molecule has 1 heterocycles. The molecule has 3 nitrogen and oxygen atoms in total. The molecule has 29 heavy (non-hydrogen) atoms. The molecule has 0 atom stereocenters. The largest absolute Gasteiger partial charge is 0.366 e. The van der Waals surface area contributed by atoms with E-state index in [-0.39, 0.29) is 5.82 Å². The first-order chi connectivity index (χ1) is 14.0. The Morgan fingerprint density at radius 1 is 0.793 bits per heavy atom. The summed E-state index contributed by atoms with van der Waals surface area (Å²) in [5.41, 5.74) is 8.04. The number of halogens is 1. The molecule has 3 aromatic carbocycles. The molecule has 1 aromatic heterocycles. The molecule has 1 N–H and O–H groups in total. The van der Waals surface area contributed by atoms with Gasteiger partial charge in [-0.15, -0.1) is 0 Å². The molecule has 0 aliphatic carbocycles. The smallest absolute Gasteiger partial charge is 0.124 e. The number of aromatic nitrogens is 2. The molecule has 0 saturated carbocycles. The lowest BCUT2D eigenvalue weighted by Crippen LogP contribution is -2.04. The second-order valence-electron chi connectivity index (χ2n) is 7.39. The van der Waals surface area contributed by atoms with Gasteiger partial charge in [-0.3, -0.25) is 4.68 Å². The lowest BCUT2D eigenvalue weighted by atomic mass is 9.99. The number of aryl methyl sites for hydroxylation is 3. The molecule has 0 spiro atoms. The van der Waals surface area contributed by atoms with Crippen LogP contribution in [0.3, 0.4) is 0 Å². The third kappa shape index (κ3) is 4.21. The highest BCUT2D eigenvalue weighted by molar-refractivity contribution is 5.70. The molecule has 4 aromatic rings. The summed E-state index contributed by atoms with van der Waals surface area (Å²) in [4.78, 5) is 0. The molecule has 0 amide bonds. The molecule has 0 radical (unpaired) electrons. The van der Waals surface area contributed by atoms with Crippen molar-refractivity contribution in [3.8, 4) is 22.4 Å². The van der Waals surface area contributed by atoms with E-state index in [0.29, 0.717) is 6.54 Å². The molecular weight excluding hydrogens is 361 g/mol. The quantitative estimate of drug-likeness (QED) is 0.448. The van der Waals surface area contributed by atoms with Crippen LogP contribution in [-0.2, 0) is 13.6 Å². The lowest BCUT2D eigenvalue weighted by Gasteiger charge is -2.06. The van der Waals surface area contributed by atoms with Crippen LogP contribution in [0.15, 0.2) is 72.8 Å². The topological polar surface area (TPSA) is 29.9 Å². The normalized spacial score (nSPS) is 10.9. The van der Waals surface area contributed by atoms with Crippen molar-refractivity contribution in [2.75, 3.05) is 5.32 Å². The maximum Gasteiger partial charge on any atom is 0.124 e. The monoisotopic (exact) mass is 385 g/mol. The van der Waals surface area contributed by atoms with Gasteiger partial charge in [-0.1, -0.05) is 54.6 Å². The highest BCUT2D eigenvalue weighted by Gasteiger charge is 2.08. The fourth-order valence-corrected chi connectivity index (χ4v) is 3.32. The molecule has 4 rings (SSSR count). The van der Waals surface area contributed by atoms with Crippen LogP contribution >= 0.6 is 0 Å². The fraction of sp³-hybridized carbons (Fsp3) is 0.160. The summed E-state index contributed by atoms with van der Waals surface area (Å²) in [5.74, 6) is 0.698. The van der Waals surface area contributed by atoms with E-state index in [0.717, 1.165) is 22.6 Å². The van der Waals surface area contributed by atoms with E-state index in [1.54, 1.807) is 12.1 Å². The zero-order valence-corrected chi connectivity index (χ0v) is 16.9. The molecular formula is C25H24FN3. The molecule has 0 aliphatic rings. The maximum absolute atomic E-state index is 13.0. The minimum Gasteiger partial charge on any atom is -0.366 e. The summed E-state index contributed by atoms with van der Waals surface area (Å²) in [7, 11) is 1.92. The number of anilines is 1. The van der Waals surface area contributed by atoms with Gasteiger partial charge in [0.2, 0.25) is 0 Å². The van der Waals surface area contributed by atoms with E-state index in [4.69, 9.17) is 0 Å². The van der Waals surface area contributed by atoms with Gasteiger partial charge in [0.15, 0.2) is 0 Å². The number of hydrogen-bond acceptors (Lipinski definition) is 2. The van der Waals surface area contributed by atoms with Crippen LogP contribution in [0.2, 0.25) is 0 Å². The summed E-state index contributed by atoms with van der Waals surface area (Å²) in [6.07, 6.45) is 0. The van der Waals surface area contributed by atoms with Gasteiger partial charge in [-0.25, -0.2) is 4.39 Å². The SMILES string of the molecule is Cc1ccc(-c2ccc(-c3cc(NCc4ccc(F)cc4)n(C)n3)cc2)cc1C. The zero-order chi connectivity index (χ0) is 20.4. The predicted molar refractivity (Wildman–Crippen MR) is 117 cm³/mol. The van der Waals surface area contributed by atoms with Crippen molar-refractivity contribution in [1.29, 1.82) is 0 Å². The van der Waals surface area contributed by atoms with Gasteiger partial charge in [0.25, 0.3) is 0 Å². The first-order valence-corrected chi connectivity index (χ1v) is 9.70. The lowest BCUT2D eigenvalue weighted by molar-refractivity contribution is 0.627. The van der Waals surface area contributed by atoms with Gasteiger partial charge in [0, 0.05) is 25.2 Å². The highest BCUT2D eigenvalue weighted by Crippen LogP contribution is 2.27. The van der Waals surface area contributed by atoms with E-state index in [1.165, 1.54) is 34.4 Å². The van der Waals surface area contributed by atoms with Crippen LogP contribution < -0.4 is 5.32 Å². The predicted octanol–water partition coefficient (Wildman–Crippen LogP) is 6.12. The van der Waals surface area contributed by atoms with E-state index >= 15 is 0 Å². The number of rotatable bonds is 5. The Bertz CT molecular complexity index is 1130. The van der Waals surface area contributed by atoms with Gasteiger partial charge >= 0.3 is 0 Å². The zero-order valence-electron chi connectivity index (χ0n) is 16.9. The highest BCUT2D eigenvalue weighted by atomic mass is 19.1. The van der Waals surface area contributed by atoms with Crippen molar-refractivity contribution in [2.45, 2.75) is 20.4 Å². The average molecular weight is 385 g/mol. The van der Waals surface area contributed by atoms with Gasteiger partial charge in [0.1, 0.15) is 11.6 Å². The van der Waals surface area contributed by atoms with Crippen molar-refractivity contribution in [2.24, 2.45) is 7.05 Å². The second-order valence-corrected chi connectivity index (χ2v) is 7.39. The Morgan fingerprint density at radius 2 is 1.45 bits per heavy atom. The molecule has 0 aliphatic heterocycles. The van der Waals surface area contributed by atoms with Crippen LogP contribution in [0.25, 0.3) is 22.4 Å². The molecule has 0 unspecified atom stereocenters. The first-order valence-electron chi connectivity index (χ1n) is 9.70. The van der Waals surface area contributed by atoms with Crippen LogP contribution in [0.5, 0.6) is 0 Å². The van der Waals surface area contributed by atoms with Crippen molar-refractivity contribution in [1.82, 2.24) is 9.78 Å². The van der Waals surface area contributed by atoms with E-state index in [9.17, 15) is 4.39 Å².